The molecule has 98 valence electrons. The van der Waals surface area contributed by atoms with Crippen LogP contribution >= 0.6 is 0 Å². The first-order valence-electron chi connectivity index (χ1n) is 5.09. The van der Waals surface area contributed by atoms with E-state index in [1.807, 2.05) is 0 Å². The average molecular weight is 251 g/mol. The predicted molar refractivity (Wildman–Crippen MR) is 67.4 cm³/mol. The van der Waals surface area contributed by atoms with Crippen molar-refractivity contribution in [2.75, 3.05) is 0 Å². The summed E-state index contributed by atoms with van der Waals surface area (Å²) in [4.78, 5) is 33.4. The normalized spacial score (nSPS) is 10.9. The molecule has 2 N–H and O–H groups in total. The molecule has 1 unspecified atom stereocenters. The molecule has 18 heavy (non-hydrogen) atoms. The van der Waals surface area contributed by atoms with E-state index >= 15 is 0 Å². The number of hydrogen-bond donors (Lipinski definition) is 2. The van der Waals surface area contributed by atoms with Gasteiger partial charge < -0.3 is 10.4 Å². The van der Waals surface area contributed by atoms with Crippen molar-refractivity contribution in [2.24, 2.45) is 0 Å². The number of Topliss-reactive ketones (excluding diaryl/α,β-unsaturated/α-hetero) is 1. The fourth-order valence-corrected chi connectivity index (χ4v) is 1.37. The second kappa shape index (κ2) is 7.21. The highest BCUT2D eigenvalue weighted by Crippen LogP contribution is 2.05. The number of carbonyl (C=O) groups is 3. The van der Waals surface area contributed by atoms with Gasteiger partial charge in [0.25, 0.3) is 0 Å². The lowest BCUT2D eigenvalue weighted by Gasteiger charge is -2.12. The van der Waals surface area contributed by atoms with E-state index in [9.17, 15) is 14.4 Å². The first-order valence-corrected chi connectivity index (χ1v) is 5.09. The third-order valence-electron chi connectivity index (χ3n) is 2.16. The Hall–Kier alpha value is -2.17. The number of nitrogens with one attached hydrogen (secondary N) is 1. The van der Waals surface area contributed by atoms with Crippen LogP contribution in [-0.2, 0) is 9.59 Å². The Morgan fingerprint density at radius 3 is 2.22 bits per heavy atom. The summed E-state index contributed by atoms with van der Waals surface area (Å²) >= 11 is 0. The van der Waals surface area contributed by atoms with Crippen LogP contribution in [0.2, 0.25) is 0 Å². The van der Waals surface area contributed by atoms with Crippen LogP contribution in [0.15, 0.2) is 30.3 Å². The molecule has 0 saturated heterocycles. The topological polar surface area (TPSA) is 83.5 Å². The molecule has 5 heteroatoms. The van der Waals surface area contributed by atoms with Crippen molar-refractivity contribution < 1.29 is 19.5 Å². The summed E-state index contributed by atoms with van der Waals surface area (Å²) in [5.74, 6) is -2.01. The lowest BCUT2D eigenvalue weighted by molar-refractivity contribution is -0.141. The van der Waals surface area contributed by atoms with Gasteiger partial charge in [-0.05, 0) is 0 Å². The molecule has 5 nitrogen and oxygen atoms in total. The summed E-state index contributed by atoms with van der Waals surface area (Å²) in [7, 11) is 0. The zero-order valence-electron chi connectivity index (χ0n) is 9.34. The number of amides is 1. The molecule has 1 rings (SSSR count). The van der Waals surface area contributed by atoms with Crippen molar-refractivity contribution in [2.45, 2.75) is 26.8 Å². The maximum absolute atomic E-state index is 11.7. The van der Waals surface area contributed by atoms with Gasteiger partial charge in [-0.3, -0.25) is 9.59 Å². The summed E-state index contributed by atoms with van der Waals surface area (Å²) in [6.07, 6.45) is -0.251. The van der Waals surface area contributed by atoms with E-state index in [-0.39, 0.29) is 19.6 Å². The van der Waals surface area contributed by atoms with Gasteiger partial charge in [0.05, 0.1) is 0 Å². The minimum atomic E-state index is -1.22. The first kappa shape index (κ1) is 15.8. The third kappa shape index (κ3) is 4.78. The van der Waals surface area contributed by atoms with Crippen LogP contribution in [0.1, 0.15) is 31.1 Å². The number of ketones is 1. The zero-order valence-corrected chi connectivity index (χ0v) is 9.34. The quantitative estimate of drug-likeness (QED) is 0.776. The Bertz CT molecular complexity index is 428. The molecule has 0 spiro atoms. The van der Waals surface area contributed by atoms with Crippen LogP contribution in [0.25, 0.3) is 0 Å². The lowest BCUT2D eigenvalue weighted by atomic mass is 10.0. The zero-order chi connectivity index (χ0) is 12.8. The highest BCUT2D eigenvalue weighted by Gasteiger charge is 2.22. The summed E-state index contributed by atoms with van der Waals surface area (Å²) in [6, 6.07) is 7.19. The Balaban J connectivity index is 0.00000289. The van der Waals surface area contributed by atoms with Gasteiger partial charge in [0.1, 0.15) is 6.04 Å². The van der Waals surface area contributed by atoms with Gasteiger partial charge in [0, 0.05) is 18.9 Å². The number of carboxylic acid groups (broad SMARTS) is 1. The molecule has 0 saturated carbocycles. The van der Waals surface area contributed by atoms with Crippen molar-refractivity contribution in [3.05, 3.63) is 35.9 Å². The van der Waals surface area contributed by atoms with E-state index in [0.717, 1.165) is 0 Å². The molecule has 1 aromatic carbocycles. The van der Waals surface area contributed by atoms with E-state index in [1.165, 1.54) is 6.92 Å². The number of rotatable bonds is 5. The highest BCUT2D eigenvalue weighted by atomic mass is 16.4. The number of benzene rings is 1. The van der Waals surface area contributed by atoms with E-state index in [0.29, 0.717) is 5.56 Å². The van der Waals surface area contributed by atoms with Gasteiger partial charge in [-0.1, -0.05) is 37.8 Å². The smallest absolute Gasteiger partial charge is 0.326 e. The Morgan fingerprint density at radius 2 is 1.78 bits per heavy atom. The molecule has 1 aromatic rings. The van der Waals surface area contributed by atoms with Crippen LogP contribution in [0.4, 0.5) is 0 Å². The number of carbonyl (C=O) groups excluding carboxylic acids is 2. The Labute approximate surface area is 106 Å². The van der Waals surface area contributed by atoms with E-state index < -0.39 is 17.9 Å². The van der Waals surface area contributed by atoms with Crippen LogP contribution < -0.4 is 5.32 Å². The summed E-state index contributed by atoms with van der Waals surface area (Å²) in [6.45, 7) is 1.21. The van der Waals surface area contributed by atoms with Gasteiger partial charge in [0.15, 0.2) is 5.78 Å². The fraction of sp³-hybridized carbons (Fsp3) is 0.308. The minimum absolute atomic E-state index is 0. The first-order chi connectivity index (χ1) is 8.00. The van der Waals surface area contributed by atoms with Crippen molar-refractivity contribution >= 4 is 17.7 Å². The number of carboxylic acids is 1. The van der Waals surface area contributed by atoms with Crippen molar-refractivity contribution in [3.63, 3.8) is 0 Å². The highest BCUT2D eigenvalue weighted by molar-refractivity contribution is 5.99. The van der Waals surface area contributed by atoms with Crippen LogP contribution in [0.3, 0.4) is 0 Å². The third-order valence-corrected chi connectivity index (χ3v) is 2.16. The van der Waals surface area contributed by atoms with E-state index in [1.54, 1.807) is 30.3 Å². The maximum Gasteiger partial charge on any atom is 0.326 e. The van der Waals surface area contributed by atoms with E-state index in [4.69, 9.17) is 5.11 Å². The molecule has 0 fully saturated rings. The molecule has 0 radical (unpaired) electrons. The largest absolute Gasteiger partial charge is 0.480 e. The molecule has 0 heterocycles. The van der Waals surface area contributed by atoms with Crippen LogP contribution in [-0.4, -0.2) is 28.8 Å². The molecular formula is C13H17NO4. The van der Waals surface area contributed by atoms with Crippen LogP contribution in [0, 0.1) is 0 Å². The monoisotopic (exact) mass is 251 g/mol. The molecule has 0 aliphatic rings. The van der Waals surface area contributed by atoms with Gasteiger partial charge in [-0.2, -0.15) is 0 Å². The predicted octanol–water partition coefficient (Wildman–Crippen LogP) is 1.48. The van der Waals surface area contributed by atoms with Gasteiger partial charge in [-0.25, -0.2) is 4.79 Å². The maximum atomic E-state index is 11.7. The number of hydrogen-bond acceptors (Lipinski definition) is 3. The second-order valence-corrected chi connectivity index (χ2v) is 3.58. The van der Waals surface area contributed by atoms with Gasteiger partial charge in [0.2, 0.25) is 5.91 Å². The van der Waals surface area contributed by atoms with Crippen molar-refractivity contribution in [3.8, 4) is 0 Å². The molecular weight excluding hydrogens is 234 g/mol. The Kier molecular flexibility index (Phi) is 6.34. The molecule has 0 aromatic heterocycles. The standard InChI is InChI=1S/C12H13NO4.CH4/c1-8(14)13-10(12(16)17)7-11(15)9-5-3-2-4-6-9;/h2-6,10H,7H2,1H3,(H,13,14)(H,16,17);1H4. The average Bonchev–Trinajstić information content (AvgIpc) is 2.28. The molecule has 0 aliphatic heterocycles. The lowest BCUT2D eigenvalue weighted by Crippen LogP contribution is -2.41. The fourth-order valence-electron chi connectivity index (χ4n) is 1.37. The summed E-state index contributed by atoms with van der Waals surface area (Å²) < 4.78 is 0. The Morgan fingerprint density at radius 1 is 1.22 bits per heavy atom. The van der Waals surface area contributed by atoms with E-state index in [2.05, 4.69) is 5.32 Å². The molecule has 1 amide bonds. The van der Waals surface area contributed by atoms with Gasteiger partial charge in [-0.15, -0.1) is 0 Å². The minimum Gasteiger partial charge on any atom is -0.480 e. The molecule has 1 atom stereocenters. The number of aliphatic carboxylic acids is 1. The van der Waals surface area contributed by atoms with Crippen LogP contribution in [0.5, 0.6) is 0 Å². The SMILES string of the molecule is C.CC(=O)NC(CC(=O)c1ccccc1)C(=O)O. The van der Waals surface area contributed by atoms with Gasteiger partial charge >= 0.3 is 5.97 Å². The molecule has 0 bridgehead atoms. The van der Waals surface area contributed by atoms with Crippen molar-refractivity contribution in [1.82, 2.24) is 5.32 Å². The second-order valence-electron chi connectivity index (χ2n) is 3.58. The summed E-state index contributed by atoms with van der Waals surface area (Å²) in [5.41, 5.74) is 0.434. The molecule has 0 aliphatic carbocycles. The summed E-state index contributed by atoms with van der Waals surface area (Å²) in [5, 5.41) is 11.1. The van der Waals surface area contributed by atoms with Crippen molar-refractivity contribution in [1.29, 1.82) is 0 Å².